The Hall–Kier alpha value is -0.870. The van der Waals surface area contributed by atoms with Crippen molar-refractivity contribution in [3.05, 3.63) is 17.8 Å². The zero-order valence-corrected chi connectivity index (χ0v) is 7.95. The van der Waals surface area contributed by atoms with Crippen LogP contribution in [0.1, 0.15) is 25.0 Å². The van der Waals surface area contributed by atoms with E-state index >= 15 is 0 Å². The van der Waals surface area contributed by atoms with Gasteiger partial charge in [-0.2, -0.15) is 0 Å². The molecule has 4 heteroatoms. The van der Waals surface area contributed by atoms with Crippen LogP contribution in [0, 0.1) is 0 Å². The first-order valence-electron chi connectivity index (χ1n) is 4.58. The fourth-order valence-corrected chi connectivity index (χ4v) is 1.05. The van der Waals surface area contributed by atoms with Gasteiger partial charge in [-0.05, 0) is 13.3 Å². The summed E-state index contributed by atoms with van der Waals surface area (Å²) in [5.41, 5.74) is 5.36. The highest BCUT2D eigenvalue weighted by molar-refractivity contribution is 4.93. The van der Waals surface area contributed by atoms with Gasteiger partial charge in [0.25, 0.3) is 0 Å². The number of aromatic nitrogens is 1. The predicted octanol–water partition coefficient (Wildman–Crippen LogP) is 1.10. The lowest BCUT2D eigenvalue weighted by atomic mass is 10.3. The average molecular weight is 184 g/mol. The molecule has 0 spiro atoms. The van der Waals surface area contributed by atoms with Gasteiger partial charge in [-0.25, -0.2) is 4.98 Å². The molecule has 13 heavy (non-hydrogen) atoms. The number of oxazole rings is 1. The number of hydrogen-bond acceptors (Lipinski definition) is 4. The number of nitrogens with two attached hydrogens (primary N) is 1. The van der Waals surface area contributed by atoms with Crippen LogP contribution in [-0.4, -0.2) is 18.2 Å². The molecule has 0 radical (unpaired) electrons. The van der Waals surface area contributed by atoms with E-state index in [-0.39, 0.29) is 0 Å². The smallest absolute Gasteiger partial charge is 0.208 e. The maximum absolute atomic E-state index is 5.36. The van der Waals surface area contributed by atoms with Crippen molar-refractivity contribution in [1.82, 2.24) is 4.98 Å². The summed E-state index contributed by atoms with van der Waals surface area (Å²) in [6, 6.07) is 0. The van der Waals surface area contributed by atoms with Crippen LogP contribution < -0.4 is 5.73 Å². The van der Waals surface area contributed by atoms with E-state index in [1.54, 1.807) is 6.20 Å². The Bertz CT molecular complexity index is 235. The summed E-state index contributed by atoms with van der Waals surface area (Å²) in [5.74, 6) is 1.49. The van der Waals surface area contributed by atoms with Crippen LogP contribution in [0.15, 0.2) is 10.6 Å². The van der Waals surface area contributed by atoms with Gasteiger partial charge in [0, 0.05) is 19.6 Å². The van der Waals surface area contributed by atoms with E-state index in [1.165, 1.54) is 0 Å². The third-order valence-electron chi connectivity index (χ3n) is 1.69. The van der Waals surface area contributed by atoms with Gasteiger partial charge in [0.15, 0.2) is 0 Å². The third-order valence-corrected chi connectivity index (χ3v) is 1.69. The van der Waals surface area contributed by atoms with E-state index < -0.39 is 0 Å². The molecule has 0 atom stereocenters. The van der Waals surface area contributed by atoms with E-state index in [0.29, 0.717) is 12.4 Å². The summed E-state index contributed by atoms with van der Waals surface area (Å²) < 4.78 is 10.5. The monoisotopic (exact) mass is 184 g/mol. The second kappa shape index (κ2) is 5.72. The van der Waals surface area contributed by atoms with Gasteiger partial charge >= 0.3 is 0 Å². The third kappa shape index (κ3) is 3.57. The SMILES string of the molecule is CCOCCCc1cnc(CN)o1. The minimum absolute atomic E-state index is 0.367. The average Bonchev–Trinajstić information content (AvgIpc) is 2.60. The Morgan fingerprint density at radius 1 is 1.62 bits per heavy atom. The van der Waals surface area contributed by atoms with Gasteiger partial charge in [0.05, 0.1) is 12.7 Å². The molecule has 0 bridgehead atoms. The van der Waals surface area contributed by atoms with Crippen molar-refractivity contribution in [2.75, 3.05) is 13.2 Å². The normalized spacial score (nSPS) is 10.6. The fourth-order valence-electron chi connectivity index (χ4n) is 1.05. The van der Waals surface area contributed by atoms with Crippen LogP contribution in [-0.2, 0) is 17.7 Å². The molecular weight excluding hydrogens is 168 g/mol. The predicted molar refractivity (Wildman–Crippen MR) is 49.2 cm³/mol. The largest absolute Gasteiger partial charge is 0.444 e. The number of hydrogen-bond donors (Lipinski definition) is 1. The number of ether oxygens (including phenoxy) is 1. The van der Waals surface area contributed by atoms with E-state index in [0.717, 1.165) is 31.8 Å². The minimum atomic E-state index is 0.367. The fraction of sp³-hybridized carbons (Fsp3) is 0.667. The van der Waals surface area contributed by atoms with Crippen molar-refractivity contribution < 1.29 is 9.15 Å². The Balaban J connectivity index is 2.20. The Kier molecular flexibility index (Phi) is 4.49. The van der Waals surface area contributed by atoms with Crippen molar-refractivity contribution in [3.63, 3.8) is 0 Å². The summed E-state index contributed by atoms with van der Waals surface area (Å²) in [6.45, 7) is 3.89. The lowest BCUT2D eigenvalue weighted by molar-refractivity contribution is 0.144. The highest BCUT2D eigenvalue weighted by Gasteiger charge is 2.00. The van der Waals surface area contributed by atoms with Crippen molar-refractivity contribution in [2.24, 2.45) is 5.73 Å². The van der Waals surface area contributed by atoms with Crippen LogP contribution in [0.3, 0.4) is 0 Å². The van der Waals surface area contributed by atoms with Gasteiger partial charge in [-0.15, -0.1) is 0 Å². The first-order chi connectivity index (χ1) is 6.36. The quantitative estimate of drug-likeness (QED) is 0.672. The van der Waals surface area contributed by atoms with Crippen LogP contribution in [0.2, 0.25) is 0 Å². The second-order valence-corrected chi connectivity index (χ2v) is 2.72. The first-order valence-corrected chi connectivity index (χ1v) is 4.58. The van der Waals surface area contributed by atoms with E-state index in [4.69, 9.17) is 14.9 Å². The molecule has 1 aromatic rings. The van der Waals surface area contributed by atoms with Gasteiger partial charge in [0.2, 0.25) is 5.89 Å². The molecule has 1 heterocycles. The topological polar surface area (TPSA) is 61.3 Å². The van der Waals surface area contributed by atoms with Crippen molar-refractivity contribution in [2.45, 2.75) is 26.3 Å². The highest BCUT2D eigenvalue weighted by atomic mass is 16.5. The Morgan fingerprint density at radius 2 is 2.46 bits per heavy atom. The molecule has 0 aromatic carbocycles. The number of rotatable bonds is 6. The summed E-state index contributed by atoms with van der Waals surface area (Å²) in [4.78, 5) is 4.00. The zero-order chi connectivity index (χ0) is 9.52. The molecule has 74 valence electrons. The van der Waals surface area contributed by atoms with Gasteiger partial charge in [-0.3, -0.25) is 0 Å². The van der Waals surface area contributed by atoms with Crippen LogP contribution >= 0.6 is 0 Å². The summed E-state index contributed by atoms with van der Waals surface area (Å²) >= 11 is 0. The Labute approximate surface area is 78.1 Å². The summed E-state index contributed by atoms with van der Waals surface area (Å²) in [5, 5.41) is 0. The first kappa shape index (κ1) is 10.2. The summed E-state index contributed by atoms with van der Waals surface area (Å²) in [7, 11) is 0. The lowest BCUT2D eigenvalue weighted by Gasteiger charge is -1.97. The lowest BCUT2D eigenvalue weighted by Crippen LogP contribution is -1.96. The molecule has 4 nitrogen and oxygen atoms in total. The highest BCUT2D eigenvalue weighted by Crippen LogP contribution is 2.05. The van der Waals surface area contributed by atoms with Crippen molar-refractivity contribution in [3.8, 4) is 0 Å². The molecule has 1 aromatic heterocycles. The van der Waals surface area contributed by atoms with Gasteiger partial charge in [-0.1, -0.05) is 0 Å². The molecule has 0 aliphatic carbocycles. The van der Waals surface area contributed by atoms with E-state index in [1.807, 2.05) is 6.92 Å². The molecule has 0 unspecified atom stereocenters. The van der Waals surface area contributed by atoms with Gasteiger partial charge in [0.1, 0.15) is 5.76 Å². The molecule has 0 saturated carbocycles. The van der Waals surface area contributed by atoms with Crippen LogP contribution in [0.5, 0.6) is 0 Å². The Morgan fingerprint density at radius 3 is 3.08 bits per heavy atom. The second-order valence-electron chi connectivity index (χ2n) is 2.72. The van der Waals surface area contributed by atoms with Crippen LogP contribution in [0.4, 0.5) is 0 Å². The standard InChI is InChI=1S/C9H16N2O2/c1-2-12-5-3-4-8-7-11-9(6-10)13-8/h7H,2-6,10H2,1H3. The summed E-state index contributed by atoms with van der Waals surface area (Å²) in [6.07, 6.45) is 3.56. The number of aryl methyl sites for hydroxylation is 1. The zero-order valence-electron chi connectivity index (χ0n) is 7.95. The molecule has 0 amide bonds. The van der Waals surface area contributed by atoms with E-state index in [2.05, 4.69) is 4.98 Å². The van der Waals surface area contributed by atoms with Gasteiger partial charge < -0.3 is 14.9 Å². The van der Waals surface area contributed by atoms with Crippen molar-refractivity contribution in [1.29, 1.82) is 0 Å². The number of nitrogens with zero attached hydrogens (tertiary/aromatic N) is 1. The molecule has 1 rings (SSSR count). The maximum Gasteiger partial charge on any atom is 0.208 e. The maximum atomic E-state index is 5.36. The molecule has 0 fully saturated rings. The molecular formula is C9H16N2O2. The minimum Gasteiger partial charge on any atom is -0.444 e. The molecule has 0 aliphatic rings. The molecule has 0 saturated heterocycles. The molecule has 2 N–H and O–H groups in total. The van der Waals surface area contributed by atoms with Crippen LogP contribution in [0.25, 0.3) is 0 Å². The molecule has 0 aliphatic heterocycles. The van der Waals surface area contributed by atoms with E-state index in [9.17, 15) is 0 Å². The van der Waals surface area contributed by atoms with Crippen molar-refractivity contribution >= 4 is 0 Å².